The highest BCUT2D eigenvalue weighted by Crippen LogP contribution is 2.62. The smallest absolute Gasteiger partial charge is 0.164 e. The second kappa shape index (κ2) is 8.07. The molecular weight excluding hydrogens is 406 g/mol. The average molecular weight is 446 g/mol. The van der Waals surface area contributed by atoms with E-state index in [9.17, 15) is 20.1 Å². The maximum absolute atomic E-state index is 12.3. The summed E-state index contributed by atoms with van der Waals surface area (Å²) in [6.45, 7) is 10.0. The maximum Gasteiger partial charge on any atom is 0.164 e. The lowest BCUT2D eigenvalue weighted by Crippen LogP contribution is -2.60. The van der Waals surface area contributed by atoms with E-state index in [2.05, 4.69) is 45.0 Å². The van der Waals surface area contributed by atoms with Gasteiger partial charge in [-0.25, -0.2) is 0 Å². The van der Waals surface area contributed by atoms with E-state index in [1.165, 1.54) is 5.57 Å². The molecule has 8 atom stereocenters. The number of oxime groups is 1. The zero-order chi connectivity index (χ0) is 23.5. The SMILES string of the molecule is CC(O/N=C1\C=CC2(C)C(=C1)CCC1C2C(O)CC2(O)C(C(=O)CO)CCC12)C(C)(C)C. The number of ketones is 1. The summed E-state index contributed by atoms with van der Waals surface area (Å²) in [7, 11) is 0. The number of carbonyl (C=O) groups excluding carboxylic acids is 1. The van der Waals surface area contributed by atoms with Gasteiger partial charge in [-0.05, 0) is 56.6 Å². The summed E-state index contributed by atoms with van der Waals surface area (Å²) in [5.74, 6) is -0.758. The Hall–Kier alpha value is -1.50. The van der Waals surface area contributed by atoms with Crippen molar-refractivity contribution in [2.75, 3.05) is 6.61 Å². The first-order chi connectivity index (χ1) is 14.9. The van der Waals surface area contributed by atoms with Gasteiger partial charge >= 0.3 is 0 Å². The zero-order valence-corrected chi connectivity index (χ0v) is 20.0. The van der Waals surface area contributed by atoms with Gasteiger partial charge in [0.2, 0.25) is 0 Å². The monoisotopic (exact) mass is 445 g/mol. The highest BCUT2D eigenvalue weighted by atomic mass is 16.6. The fraction of sp³-hybridized carbons (Fsp3) is 0.769. The minimum Gasteiger partial charge on any atom is -0.393 e. The summed E-state index contributed by atoms with van der Waals surface area (Å²) in [5.41, 5.74) is 0.528. The van der Waals surface area contributed by atoms with Crippen LogP contribution in [0, 0.1) is 34.5 Å². The van der Waals surface area contributed by atoms with Crippen LogP contribution in [0.5, 0.6) is 0 Å². The molecule has 4 aliphatic carbocycles. The molecule has 0 amide bonds. The van der Waals surface area contributed by atoms with Crippen LogP contribution < -0.4 is 0 Å². The average Bonchev–Trinajstić information content (AvgIpc) is 3.06. The number of carbonyl (C=O) groups is 1. The van der Waals surface area contributed by atoms with Crippen molar-refractivity contribution < 1.29 is 25.0 Å². The van der Waals surface area contributed by atoms with E-state index in [1.807, 2.05) is 13.0 Å². The molecule has 6 nitrogen and oxygen atoms in total. The van der Waals surface area contributed by atoms with E-state index in [4.69, 9.17) is 4.84 Å². The second-order valence-electron chi connectivity index (χ2n) is 11.8. The van der Waals surface area contributed by atoms with E-state index in [0.717, 1.165) is 25.0 Å². The molecule has 8 unspecified atom stereocenters. The van der Waals surface area contributed by atoms with Gasteiger partial charge < -0.3 is 20.2 Å². The number of hydrogen-bond donors (Lipinski definition) is 3. The fourth-order valence-corrected chi connectivity index (χ4v) is 6.85. The number of hydrogen-bond acceptors (Lipinski definition) is 6. The van der Waals surface area contributed by atoms with Gasteiger partial charge in [0.15, 0.2) is 5.78 Å². The van der Waals surface area contributed by atoms with Gasteiger partial charge in [-0.15, -0.1) is 0 Å². The van der Waals surface area contributed by atoms with Crippen molar-refractivity contribution in [1.82, 2.24) is 0 Å². The van der Waals surface area contributed by atoms with Gasteiger partial charge in [-0.1, -0.05) is 44.5 Å². The summed E-state index contributed by atoms with van der Waals surface area (Å²) < 4.78 is 0. The number of Topliss-reactive ketones (excluding diaryl/α,β-unsaturated/α-hetero) is 1. The van der Waals surface area contributed by atoms with Gasteiger partial charge in [-0.3, -0.25) is 4.79 Å². The maximum atomic E-state index is 12.3. The molecule has 0 aliphatic heterocycles. The molecule has 4 rings (SSSR count). The number of aliphatic hydroxyl groups is 3. The fourth-order valence-electron chi connectivity index (χ4n) is 6.85. The molecule has 4 aliphatic rings. The van der Waals surface area contributed by atoms with Crippen molar-refractivity contribution >= 4 is 11.5 Å². The molecule has 0 aromatic carbocycles. The van der Waals surface area contributed by atoms with Crippen LogP contribution in [0.15, 0.2) is 29.0 Å². The molecule has 178 valence electrons. The number of rotatable bonds is 4. The van der Waals surface area contributed by atoms with Crippen molar-refractivity contribution in [1.29, 1.82) is 0 Å². The summed E-state index contributed by atoms with van der Waals surface area (Å²) in [6.07, 6.45) is 8.82. The molecule has 0 aromatic heterocycles. The van der Waals surface area contributed by atoms with Crippen molar-refractivity contribution in [3.8, 4) is 0 Å². The summed E-state index contributed by atoms with van der Waals surface area (Å²) in [5, 5.41) is 36.6. The van der Waals surface area contributed by atoms with E-state index in [1.54, 1.807) is 0 Å². The molecule has 0 aromatic rings. The molecule has 0 saturated heterocycles. The first kappa shape index (κ1) is 23.7. The van der Waals surface area contributed by atoms with Crippen LogP contribution in [0.4, 0.5) is 0 Å². The molecule has 6 heteroatoms. The third-order valence-corrected chi connectivity index (χ3v) is 9.07. The number of nitrogens with zero attached hydrogens (tertiary/aromatic N) is 1. The largest absolute Gasteiger partial charge is 0.393 e. The molecular formula is C26H39NO5. The Morgan fingerprint density at radius 1 is 1.31 bits per heavy atom. The number of allylic oxidation sites excluding steroid dienone is 4. The van der Waals surface area contributed by atoms with Gasteiger partial charge in [0, 0.05) is 29.1 Å². The van der Waals surface area contributed by atoms with Crippen molar-refractivity contribution in [2.24, 2.45) is 39.7 Å². The van der Waals surface area contributed by atoms with Crippen molar-refractivity contribution in [2.45, 2.75) is 84.5 Å². The quantitative estimate of drug-likeness (QED) is 0.576. The van der Waals surface area contributed by atoms with E-state index in [-0.39, 0.29) is 46.9 Å². The van der Waals surface area contributed by atoms with E-state index >= 15 is 0 Å². The van der Waals surface area contributed by atoms with Crippen LogP contribution in [-0.2, 0) is 9.63 Å². The third kappa shape index (κ3) is 3.68. The van der Waals surface area contributed by atoms with Crippen LogP contribution >= 0.6 is 0 Å². The van der Waals surface area contributed by atoms with Gasteiger partial charge in [0.25, 0.3) is 0 Å². The molecule has 0 bridgehead atoms. The van der Waals surface area contributed by atoms with Crippen molar-refractivity contribution in [3.63, 3.8) is 0 Å². The van der Waals surface area contributed by atoms with Crippen LogP contribution in [0.2, 0.25) is 0 Å². The summed E-state index contributed by atoms with van der Waals surface area (Å²) in [6, 6.07) is 0. The van der Waals surface area contributed by atoms with Gasteiger partial charge in [0.1, 0.15) is 18.4 Å². The van der Waals surface area contributed by atoms with Gasteiger partial charge in [0.05, 0.1) is 11.7 Å². The lowest BCUT2D eigenvalue weighted by atomic mass is 9.49. The van der Waals surface area contributed by atoms with Crippen LogP contribution in [-0.4, -0.2) is 51.2 Å². The third-order valence-electron chi connectivity index (χ3n) is 9.07. The Labute approximate surface area is 191 Å². The summed E-state index contributed by atoms with van der Waals surface area (Å²) >= 11 is 0. The minimum absolute atomic E-state index is 0.00169. The highest BCUT2D eigenvalue weighted by Gasteiger charge is 2.63. The topological polar surface area (TPSA) is 99.4 Å². The van der Waals surface area contributed by atoms with Crippen molar-refractivity contribution in [3.05, 3.63) is 23.8 Å². The van der Waals surface area contributed by atoms with Gasteiger partial charge in [-0.2, -0.15) is 0 Å². The lowest BCUT2D eigenvalue weighted by molar-refractivity contribution is -0.173. The van der Waals surface area contributed by atoms with Crippen LogP contribution in [0.1, 0.15) is 66.7 Å². The minimum atomic E-state index is -1.21. The molecule has 3 saturated carbocycles. The molecule has 0 heterocycles. The first-order valence-corrected chi connectivity index (χ1v) is 12.1. The number of aliphatic hydroxyl groups excluding tert-OH is 2. The Balaban J connectivity index is 1.58. The lowest BCUT2D eigenvalue weighted by Gasteiger charge is -2.58. The normalized spacial score (nSPS) is 43.2. The summed E-state index contributed by atoms with van der Waals surface area (Å²) in [4.78, 5) is 18.1. The Kier molecular flexibility index (Phi) is 5.96. The number of fused-ring (bicyclic) bond motifs is 5. The zero-order valence-electron chi connectivity index (χ0n) is 20.0. The Morgan fingerprint density at radius 3 is 2.69 bits per heavy atom. The molecule has 3 N–H and O–H groups in total. The van der Waals surface area contributed by atoms with E-state index < -0.39 is 24.2 Å². The predicted molar refractivity (Wildman–Crippen MR) is 123 cm³/mol. The Morgan fingerprint density at radius 2 is 2.03 bits per heavy atom. The highest BCUT2D eigenvalue weighted by molar-refractivity contribution is 6.05. The Bertz CT molecular complexity index is 855. The standard InChI is InChI=1S/C26H39NO5/c1-15(24(2,3)4)32-27-17-10-11-25(5)16(12-17)6-7-18-19-8-9-20(22(30)14-28)26(19,31)13-21(29)23(18)25/h10-12,15,18-21,23,28-29,31H,6-9,13-14H2,1-5H3/b27-17+. The van der Waals surface area contributed by atoms with E-state index in [0.29, 0.717) is 6.42 Å². The molecule has 0 radical (unpaired) electrons. The molecule has 32 heavy (non-hydrogen) atoms. The van der Waals surface area contributed by atoms with Crippen LogP contribution in [0.3, 0.4) is 0 Å². The predicted octanol–water partition coefficient (Wildman–Crippen LogP) is 3.41. The first-order valence-electron chi connectivity index (χ1n) is 12.1. The van der Waals surface area contributed by atoms with Crippen LogP contribution in [0.25, 0.3) is 0 Å². The molecule has 0 spiro atoms. The molecule has 3 fully saturated rings. The second-order valence-corrected chi connectivity index (χ2v) is 11.8.